The van der Waals surface area contributed by atoms with Crippen LogP contribution >= 0.6 is 0 Å². The maximum absolute atomic E-state index is 5.64. The summed E-state index contributed by atoms with van der Waals surface area (Å²) in [7, 11) is 2.12. The summed E-state index contributed by atoms with van der Waals surface area (Å²) in [5, 5.41) is 1.32. The zero-order chi connectivity index (χ0) is 12.6. The van der Waals surface area contributed by atoms with Crippen LogP contribution in [0.25, 0.3) is 10.9 Å². The van der Waals surface area contributed by atoms with Crippen molar-refractivity contribution < 1.29 is 0 Å². The number of hydrogen-bond acceptors (Lipinski definition) is 1. The molecule has 0 saturated carbocycles. The minimum Gasteiger partial charge on any atom is -0.348 e. The summed E-state index contributed by atoms with van der Waals surface area (Å²) >= 11 is 0. The van der Waals surface area contributed by atoms with Gasteiger partial charge in [-0.05, 0) is 42.1 Å². The van der Waals surface area contributed by atoms with Crippen LogP contribution in [0.1, 0.15) is 32.0 Å². The van der Waals surface area contributed by atoms with Crippen LogP contribution in [0.4, 0.5) is 0 Å². The van der Waals surface area contributed by atoms with Crippen molar-refractivity contribution in [2.45, 2.75) is 32.6 Å². The van der Waals surface area contributed by atoms with Gasteiger partial charge in [0.25, 0.3) is 0 Å². The first-order valence-electron chi connectivity index (χ1n) is 6.22. The molecular formula is C15H22N2. The molecule has 1 aromatic carbocycles. The van der Waals surface area contributed by atoms with Crippen molar-refractivity contribution in [3.05, 3.63) is 35.5 Å². The fourth-order valence-corrected chi connectivity index (χ4v) is 2.26. The topological polar surface area (TPSA) is 30.9 Å². The first-order chi connectivity index (χ1) is 7.93. The van der Waals surface area contributed by atoms with Gasteiger partial charge in [0.1, 0.15) is 0 Å². The van der Waals surface area contributed by atoms with E-state index < -0.39 is 0 Å². The zero-order valence-corrected chi connectivity index (χ0v) is 11.2. The van der Waals surface area contributed by atoms with Crippen LogP contribution in [0.15, 0.2) is 24.3 Å². The van der Waals surface area contributed by atoms with Crippen molar-refractivity contribution in [1.29, 1.82) is 0 Å². The van der Waals surface area contributed by atoms with E-state index in [0.717, 1.165) is 6.42 Å². The van der Waals surface area contributed by atoms with Gasteiger partial charge in [0.2, 0.25) is 0 Å². The largest absolute Gasteiger partial charge is 0.348 e. The highest BCUT2D eigenvalue weighted by Crippen LogP contribution is 2.27. The van der Waals surface area contributed by atoms with E-state index in [1.54, 1.807) is 0 Å². The van der Waals surface area contributed by atoms with E-state index in [-0.39, 0.29) is 5.41 Å². The van der Waals surface area contributed by atoms with Gasteiger partial charge >= 0.3 is 0 Å². The molecule has 0 spiro atoms. The van der Waals surface area contributed by atoms with Gasteiger partial charge in [-0.15, -0.1) is 0 Å². The van der Waals surface area contributed by atoms with Gasteiger partial charge in [-0.25, -0.2) is 0 Å². The molecule has 0 saturated heterocycles. The Morgan fingerprint density at radius 2 is 1.88 bits per heavy atom. The fraction of sp³-hybridized carbons (Fsp3) is 0.467. The van der Waals surface area contributed by atoms with Crippen molar-refractivity contribution in [2.24, 2.45) is 12.8 Å². The molecule has 0 radical (unpaired) electrons. The molecule has 2 heteroatoms. The highest BCUT2D eigenvalue weighted by atomic mass is 14.9. The Labute approximate surface area is 103 Å². The van der Waals surface area contributed by atoms with Gasteiger partial charge in [0.05, 0.1) is 0 Å². The summed E-state index contributed by atoms with van der Waals surface area (Å²) in [6, 6.07) is 9.01. The SMILES string of the molecule is Cn1c(CCN)cc2cc(C(C)(C)C)ccc21. The second-order valence-corrected chi connectivity index (χ2v) is 5.76. The molecule has 0 aliphatic carbocycles. The lowest BCUT2D eigenvalue weighted by Crippen LogP contribution is -2.10. The smallest absolute Gasteiger partial charge is 0.0480 e. The van der Waals surface area contributed by atoms with Crippen molar-refractivity contribution in [3.8, 4) is 0 Å². The van der Waals surface area contributed by atoms with E-state index in [1.807, 2.05) is 0 Å². The number of aryl methyl sites for hydroxylation is 1. The highest BCUT2D eigenvalue weighted by molar-refractivity contribution is 5.82. The molecule has 1 heterocycles. The second kappa shape index (κ2) is 4.19. The summed E-state index contributed by atoms with van der Waals surface area (Å²) in [5.74, 6) is 0. The molecule has 0 amide bonds. The van der Waals surface area contributed by atoms with Gasteiger partial charge in [-0.3, -0.25) is 0 Å². The Morgan fingerprint density at radius 3 is 2.47 bits per heavy atom. The third-order valence-electron chi connectivity index (χ3n) is 3.41. The van der Waals surface area contributed by atoms with Gasteiger partial charge in [-0.1, -0.05) is 26.8 Å². The maximum atomic E-state index is 5.64. The predicted molar refractivity (Wildman–Crippen MR) is 74.4 cm³/mol. The molecule has 0 bridgehead atoms. The molecule has 2 N–H and O–H groups in total. The lowest BCUT2D eigenvalue weighted by atomic mass is 9.86. The first-order valence-corrected chi connectivity index (χ1v) is 6.22. The van der Waals surface area contributed by atoms with Crippen LogP contribution in [0.5, 0.6) is 0 Å². The highest BCUT2D eigenvalue weighted by Gasteiger charge is 2.15. The second-order valence-electron chi connectivity index (χ2n) is 5.76. The molecule has 17 heavy (non-hydrogen) atoms. The Bertz CT molecular complexity index is 530. The summed E-state index contributed by atoms with van der Waals surface area (Å²) in [5.41, 5.74) is 9.83. The van der Waals surface area contributed by atoms with Crippen molar-refractivity contribution >= 4 is 10.9 Å². The number of fused-ring (bicyclic) bond motifs is 1. The number of nitrogens with two attached hydrogens (primary N) is 1. The first kappa shape index (κ1) is 12.2. The van der Waals surface area contributed by atoms with E-state index in [4.69, 9.17) is 5.73 Å². The van der Waals surface area contributed by atoms with Crippen LogP contribution in [-0.2, 0) is 18.9 Å². The number of benzene rings is 1. The molecule has 2 nitrogen and oxygen atoms in total. The van der Waals surface area contributed by atoms with Gasteiger partial charge < -0.3 is 10.3 Å². The molecule has 2 aromatic rings. The van der Waals surface area contributed by atoms with E-state index in [9.17, 15) is 0 Å². The van der Waals surface area contributed by atoms with Crippen LogP contribution in [0.2, 0.25) is 0 Å². The average Bonchev–Trinajstić information content (AvgIpc) is 2.55. The minimum absolute atomic E-state index is 0.206. The lowest BCUT2D eigenvalue weighted by molar-refractivity contribution is 0.591. The Balaban J connectivity index is 2.56. The lowest BCUT2D eigenvalue weighted by Gasteiger charge is -2.19. The van der Waals surface area contributed by atoms with E-state index in [2.05, 4.69) is 56.7 Å². The van der Waals surface area contributed by atoms with Gasteiger partial charge in [0.15, 0.2) is 0 Å². The monoisotopic (exact) mass is 230 g/mol. The Kier molecular flexibility index (Phi) is 3.00. The Hall–Kier alpha value is -1.28. The third-order valence-corrected chi connectivity index (χ3v) is 3.41. The summed E-state index contributed by atoms with van der Waals surface area (Å²) in [6.45, 7) is 7.45. The van der Waals surface area contributed by atoms with Crippen LogP contribution in [-0.4, -0.2) is 11.1 Å². The maximum Gasteiger partial charge on any atom is 0.0480 e. The standard InChI is InChI=1S/C15H22N2/c1-15(2,3)12-5-6-14-11(9-12)10-13(7-8-16)17(14)4/h5-6,9-10H,7-8,16H2,1-4H3. The molecule has 92 valence electrons. The normalized spacial score (nSPS) is 12.3. The molecule has 1 aromatic heterocycles. The zero-order valence-electron chi connectivity index (χ0n) is 11.2. The Morgan fingerprint density at radius 1 is 1.18 bits per heavy atom. The quantitative estimate of drug-likeness (QED) is 0.845. The molecule has 2 rings (SSSR count). The molecule has 0 unspecified atom stereocenters. The number of rotatable bonds is 2. The number of hydrogen-bond donors (Lipinski definition) is 1. The number of nitrogens with zero attached hydrogens (tertiary/aromatic N) is 1. The van der Waals surface area contributed by atoms with E-state index >= 15 is 0 Å². The van der Waals surface area contributed by atoms with Crippen LogP contribution in [0, 0.1) is 0 Å². The average molecular weight is 230 g/mol. The molecule has 0 aliphatic rings. The molecule has 0 atom stereocenters. The van der Waals surface area contributed by atoms with Crippen molar-refractivity contribution in [2.75, 3.05) is 6.54 Å². The predicted octanol–water partition coefficient (Wildman–Crippen LogP) is 2.98. The van der Waals surface area contributed by atoms with Crippen molar-refractivity contribution in [3.63, 3.8) is 0 Å². The van der Waals surface area contributed by atoms with Gasteiger partial charge in [0, 0.05) is 23.6 Å². The van der Waals surface area contributed by atoms with Crippen molar-refractivity contribution in [1.82, 2.24) is 4.57 Å². The summed E-state index contributed by atoms with van der Waals surface area (Å²) in [4.78, 5) is 0. The van der Waals surface area contributed by atoms with E-state index in [0.29, 0.717) is 6.54 Å². The fourth-order valence-electron chi connectivity index (χ4n) is 2.26. The molecule has 0 fully saturated rings. The van der Waals surface area contributed by atoms with Crippen LogP contribution in [0.3, 0.4) is 0 Å². The third kappa shape index (κ3) is 2.22. The number of aromatic nitrogens is 1. The molecule has 0 aliphatic heterocycles. The molecular weight excluding hydrogens is 208 g/mol. The minimum atomic E-state index is 0.206. The summed E-state index contributed by atoms with van der Waals surface area (Å²) in [6.07, 6.45) is 0.941. The van der Waals surface area contributed by atoms with Gasteiger partial charge in [-0.2, -0.15) is 0 Å². The van der Waals surface area contributed by atoms with Crippen LogP contribution < -0.4 is 5.73 Å². The van der Waals surface area contributed by atoms with E-state index in [1.165, 1.54) is 22.2 Å². The summed E-state index contributed by atoms with van der Waals surface area (Å²) < 4.78 is 2.24.